The highest BCUT2D eigenvalue weighted by molar-refractivity contribution is 7.99. The van der Waals surface area contributed by atoms with Crippen LogP contribution in [-0.4, -0.2) is 39.1 Å². The van der Waals surface area contributed by atoms with Gasteiger partial charge in [-0.25, -0.2) is 9.37 Å². The molecule has 3 rings (SSSR count). The van der Waals surface area contributed by atoms with E-state index < -0.39 is 0 Å². The van der Waals surface area contributed by atoms with E-state index in [9.17, 15) is 14.0 Å². The molecular formula is C19H23FN4O2S. The second-order valence-corrected chi connectivity index (χ2v) is 7.86. The molecule has 0 saturated heterocycles. The zero-order valence-corrected chi connectivity index (χ0v) is 16.2. The van der Waals surface area contributed by atoms with Crippen LogP contribution in [-0.2, 0) is 24.3 Å². The Labute approximate surface area is 161 Å². The zero-order valence-electron chi connectivity index (χ0n) is 15.4. The molecule has 0 spiro atoms. The molecule has 2 N–H and O–H groups in total. The fourth-order valence-electron chi connectivity index (χ4n) is 3.01. The van der Waals surface area contributed by atoms with Gasteiger partial charge in [-0.3, -0.25) is 14.5 Å². The van der Waals surface area contributed by atoms with Crippen molar-refractivity contribution in [2.24, 2.45) is 0 Å². The maximum atomic E-state index is 13.0. The number of amides is 1. The molecule has 1 amide bonds. The summed E-state index contributed by atoms with van der Waals surface area (Å²) in [4.78, 5) is 33.7. The topological polar surface area (TPSA) is 78.1 Å². The van der Waals surface area contributed by atoms with Crippen LogP contribution in [0.25, 0.3) is 0 Å². The van der Waals surface area contributed by atoms with Gasteiger partial charge in [-0.15, -0.1) is 0 Å². The number of carbonyl (C=O) groups excluding carboxylic acids is 1. The number of benzene rings is 1. The molecule has 144 valence electrons. The van der Waals surface area contributed by atoms with Crippen LogP contribution in [0.3, 0.4) is 0 Å². The molecule has 1 aromatic heterocycles. The normalized spacial score (nSPS) is 14.2. The number of rotatable bonds is 6. The minimum absolute atomic E-state index is 0.0826. The number of H-pyrrole nitrogens is 1. The predicted molar refractivity (Wildman–Crippen MR) is 103 cm³/mol. The number of fused-ring (bicyclic) bond motifs is 1. The van der Waals surface area contributed by atoms with E-state index in [0.29, 0.717) is 30.2 Å². The number of aromatic nitrogens is 2. The van der Waals surface area contributed by atoms with Crippen molar-refractivity contribution >= 4 is 17.7 Å². The lowest BCUT2D eigenvalue weighted by Gasteiger charge is -2.27. The Hall–Kier alpha value is -2.19. The summed E-state index contributed by atoms with van der Waals surface area (Å²) in [6.07, 6.45) is 0.673. The predicted octanol–water partition coefficient (Wildman–Crippen LogP) is 2.08. The third-order valence-electron chi connectivity index (χ3n) is 4.24. The summed E-state index contributed by atoms with van der Waals surface area (Å²) in [6.45, 7) is 5.75. The molecule has 1 aliphatic heterocycles. The summed E-state index contributed by atoms with van der Waals surface area (Å²) in [5.41, 5.74) is 2.31. The number of hydrogen-bond acceptors (Lipinski definition) is 5. The van der Waals surface area contributed by atoms with Crippen molar-refractivity contribution in [1.82, 2.24) is 20.2 Å². The van der Waals surface area contributed by atoms with E-state index in [-0.39, 0.29) is 29.1 Å². The lowest BCUT2D eigenvalue weighted by Crippen LogP contribution is -2.35. The van der Waals surface area contributed by atoms with Gasteiger partial charge in [0, 0.05) is 32.1 Å². The number of hydrogen-bond donors (Lipinski definition) is 2. The highest BCUT2D eigenvalue weighted by atomic mass is 32.2. The fraction of sp³-hybridized carbons (Fsp3) is 0.421. The highest BCUT2D eigenvalue weighted by Crippen LogP contribution is 2.19. The van der Waals surface area contributed by atoms with Crippen LogP contribution >= 0.6 is 11.8 Å². The van der Waals surface area contributed by atoms with Crippen LogP contribution < -0.4 is 10.9 Å². The minimum atomic E-state index is -0.254. The van der Waals surface area contributed by atoms with Crippen molar-refractivity contribution < 1.29 is 9.18 Å². The molecule has 0 atom stereocenters. The summed E-state index contributed by atoms with van der Waals surface area (Å²) in [6, 6.07) is 6.49. The number of aromatic amines is 1. The Bertz CT molecular complexity index is 867. The molecule has 2 heterocycles. The van der Waals surface area contributed by atoms with E-state index in [1.54, 1.807) is 12.1 Å². The first-order chi connectivity index (χ1) is 12.9. The standard InChI is InChI=1S/C19H23FN4O2S/c1-12(2)21-17(25)11-27-19-22-16-7-8-24(10-15(16)18(26)23-19)9-13-3-5-14(20)6-4-13/h3-6,12H,7-11H2,1-2H3,(H,21,25)(H,22,23,26). The second kappa shape index (κ2) is 8.67. The molecule has 0 bridgehead atoms. The van der Waals surface area contributed by atoms with Gasteiger partial charge in [0.25, 0.3) is 5.56 Å². The van der Waals surface area contributed by atoms with Crippen LogP contribution in [0.4, 0.5) is 4.39 Å². The molecule has 1 aliphatic rings. The van der Waals surface area contributed by atoms with Gasteiger partial charge in [-0.05, 0) is 31.5 Å². The van der Waals surface area contributed by atoms with Crippen LogP contribution in [0.5, 0.6) is 0 Å². The summed E-state index contributed by atoms with van der Waals surface area (Å²) in [5.74, 6) is -0.118. The lowest BCUT2D eigenvalue weighted by atomic mass is 10.1. The SMILES string of the molecule is CC(C)NC(=O)CSc1nc2c(c(=O)[nH]1)CN(Cc1ccc(F)cc1)CC2. The summed E-state index contributed by atoms with van der Waals surface area (Å²) < 4.78 is 13.0. The largest absolute Gasteiger partial charge is 0.353 e. The Morgan fingerprint density at radius 2 is 2.11 bits per heavy atom. The van der Waals surface area contributed by atoms with Crippen molar-refractivity contribution in [3.8, 4) is 0 Å². The van der Waals surface area contributed by atoms with E-state index >= 15 is 0 Å². The smallest absolute Gasteiger partial charge is 0.256 e. The van der Waals surface area contributed by atoms with Gasteiger partial charge >= 0.3 is 0 Å². The maximum absolute atomic E-state index is 13.0. The van der Waals surface area contributed by atoms with Crippen molar-refractivity contribution in [2.75, 3.05) is 12.3 Å². The zero-order chi connectivity index (χ0) is 19.4. The maximum Gasteiger partial charge on any atom is 0.256 e. The third-order valence-corrected chi connectivity index (χ3v) is 5.11. The summed E-state index contributed by atoms with van der Waals surface area (Å²) in [7, 11) is 0. The molecule has 1 aromatic carbocycles. The number of carbonyl (C=O) groups is 1. The summed E-state index contributed by atoms with van der Waals surface area (Å²) in [5, 5.41) is 3.29. The number of thioether (sulfide) groups is 1. The number of nitrogens with zero attached hydrogens (tertiary/aromatic N) is 2. The fourth-order valence-corrected chi connectivity index (χ4v) is 3.70. The molecule has 27 heavy (non-hydrogen) atoms. The summed E-state index contributed by atoms with van der Waals surface area (Å²) >= 11 is 1.23. The first kappa shape index (κ1) is 19.6. The second-order valence-electron chi connectivity index (χ2n) is 6.89. The van der Waals surface area contributed by atoms with E-state index in [4.69, 9.17) is 0 Å². The van der Waals surface area contributed by atoms with Crippen molar-refractivity contribution in [1.29, 1.82) is 0 Å². The first-order valence-corrected chi connectivity index (χ1v) is 9.90. The minimum Gasteiger partial charge on any atom is -0.353 e. The van der Waals surface area contributed by atoms with Gasteiger partial charge in [0.05, 0.1) is 17.0 Å². The van der Waals surface area contributed by atoms with E-state index in [1.165, 1.54) is 23.9 Å². The number of nitrogens with one attached hydrogen (secondary N) is 2. The molecule has 0 radical (unpaired) electrons. The average Bonchev–Trinajstić information content (AvgIpc) is 2.62. The van der Waals surface area contributed by atoms with Crippen LogP contribution in [0.15, 0.2) is 34.2 Å². The third kappa shape index (κ3) is 5.40. The number of halogens is 1. The molecule has 0 fully saturated rings. The van der Waals surface area contributed by atoms with E-state index in [0.717, 1.165) is 17.8 Å². The van der Waals surface area contributed by atoms with Crippen molar-refractivity contribution in [3.63, 3.8) is 0 Å². The van der Waals surface area contributed by atoms with E-state index in [2.05, 4.69) is 20.2 Å². The van der Waals surface area contributed by atoms with Gasteiger partial charge in [0.15, 0.2) is 5.16 Å². The molecular weight excluding hydrogens is 367 g/mol. The van der Waals surface area contributed by atoms with Crippen molar-refractivity contribution in [2.45, 2.75) is 44.6 Å². The molecule has 2 aromatic rings. The Kier molecular flexibility index (Phi) is 6.28. The lowest BCUT2D eigenvalue weighted by molar-refractivity contribution is -0.119. The molecule has 0 saturated carbocycles. The van der Waals surface area contributed by atoms with Crippen LogP contribution in [0.1, 0.15) is 30.7 Å². The highest BCUT2D eigenvalue weighted by Gasteiger charge is 2.21. The van der Waals surface area contributed by atoms with Gasteiger partial charge in [0.2, 0.25) is 5.91 Å². The quantitative estimate of drug-likeness (QED) is 0.583. The average molecular weight is 390 g/mol. The van der Waals surface area contributed by atoms with Gasteiger partial charge < -0.3 is 10.3 Å². The monoisotopic (exact) mass is 390 g/mol. The van der Waals surface area contributed by atoms with Gasteiger partial charge in [-0.1, -0.05) is 23.9 Å². The van der Waals surface area contributed by atoms with Crippen LogP contribution in [0, 0.1) is 5.82 Å². The Morgan fingerprint density at radius 3 is 2.81 bits per heavy atom. The van der Waals surface area contributed by atoms with Gasteiger partial charge in [-0.2, -0.15) is 0 Å². The molecule has 6 nitrogen and oxygen atoms in total. The van der Waals surface area contributed by atoms with Crippen molar-refractivity contribution in [3.05, 3.63) is 57.3 Å². The molecule has 0 aliphatic carbocycles. The molecule has 8 heteroatoms. The Balaban J connectivity index is 1.64. The molecule has 0 unspecified atom stereocenters. The van der Waals surface area contributed by atoms with E-state index in [1.807, 2.05) is 13.8 Å². The Morgan fingerprint density at radius 1 is 1.37 bits per heavy atom. The van der Waals surface area contributed by atoms with Crippen LogP contribution in [0.2, 0.25) is 0 Å². The van der Waals surface area contributed by atoms with Gasteiger partial charge in [0.1, 0.15) is 5.82 Å². The first-order valence-electron chi connectivity index (χ1n) is 8.91.